The summed E-state index contributed by atoms with van der Waals surface area (Å²) < 4.78 is 5.92. The van der Waals surface area contributed by atoms with Crippen molar-refractivity contribution in [2.45, 2.75) is 37.7 Å². The number of fused-ring (bicyclic) bond motifs is 1. The van der Waals surface area contributed by atoms with Crippen molar-refractivity contribution in [2.24, 2.45) is 0 Å². The van der Waals surface area contributed by atoms with Crippen molar-refractivity contribution in [1.82, 2.24) is 25.2 Å². The Bertz CT molecular complexity index is 1400. The number of amides is 2. The number of hydrogen-bond donors (Lipinski definition) is 5. The van der Waals surface area contributed by atoms with Gasteiger partial charge in [-0.2, -0.15) is 5.01 Å². The monoisotopic (exact) mass is 576 g/mol. The maximum atomic E-state index is 13.4. The van der Waals surface area contributed by atoms with Gasteiger partial charge in [-0.3, -0.25) is 15.0 Å². The molecule has 206 valence electrons. The third-order valence-electron chi connectivity index (χ3n) is 6.77. The van der Waals surface area contributed by atoms with Crippen molar-refractivity contribution in [2.75, 3.05) is 25.2 Å². The summed E-state index contributed by atoms with van der Waals surface area (Å²) in [6.07, 6.45) is 0.854. The highest BCUT2D eigenvalue weighted by atomic mass is 35.5. The molecule has 0 bridgehead atoms. The van der Waals surface area contributed by atoms with Gasteiger partial charge in [-0.05, 0) is 30.7 Å². The number of nitrogens with one attached hydrogen (secondary N) is 2. The van der Waals surface area contributed by atoms with Gasteiger partial charge in [0.05, 0.1) is 42.1 Å². The summed E-state index contributed by atoms with van der Waals surface area (Å²) in [5, 5.41) is 33.7. The van der Waals surface area contributed by atoms with Crippen molar-refractivity contribution >= 4 is 41.0 Å². The second-order valence-electron chi connectivity index (χ2n) is 9.24. The van der Waals surface area contributed by atoms with E-state index in [1.807, 2.05) is 0 Å². The molecule has 5 rings (SSSR count). The van der Waals surface area contributed by atoms with Gasteiger partial charge >= 0.3 is 0 Å². The maximum Gasteiger partial charge on any atom is 0.258 e. The second kappa shape index (κ2) is 11.1. The van der Waals surface area contributed by atoms with Crippen LogP contribution in [0.5, 0.6) is 0 Å². The minimum atomic E-state index is -0.866. The first-order valence-electron chi connectivity index (χ1n) is 12.2. The Kier molecular flexibility index (Phi) is 7.76. The molecule has 1 fully saturated rings. The number of carbonyl (C=O) groups is 2. The quantitative estimate of drug-likeness (QED) is 0.236. The molecule has 2 amide bonds. The van der Waals surface area contributed by atoms with Gasteiger partial charge < -0.3 is 30.0 Å². The molecule has 0 spiro atoms. The van der Waals surface area contributed by atoms with Gasteiger partial charge in [-0.15, -0.1) is 0 Å². The van der Waals surface area contributed by atoms with Crippen LogP contribution in [0.1, 0.15) is 34.6 Å². The predicted molar refractivity (Wildman–Crippen MR) is 141 cm³/mol. The van der Waals surface area contributed by atoms with Gasteiger partial charge in [0.15, 0.2) is 5.76 Å². The summed E-state index contributed by atoms with van der Waals surface area (Å²) in [7, 11) is 0. The van der Waals surface area contributed by atoms with Gasteiger partial charge in [-0.25, -0.2) is 9.97 Å². The smallest absolute Gasteiger partial charge is 0.258 e. The molecular weight excluding hydrogens is 551 g/mol. The summed E-state index contributed by atoms with van der Waals surface area (Å²) in [6, 6.07) is 6.38. The first kappa shape index (κ1) is 27.3. The molecule has 0 radical (unpaired) electrons. The average Bonchev–Trinajstić information content (AvgIpc) is 3.32. The fourth-order valence-electron chi connectivity index (χ4n) is 4.46. The number of aliphatic hydroxyl groups excluding tert-OH is 3. The Morgan fingerprint density at radius 1 is 1.28 bits per heavy atom. The van der Waals surface area contributed by atoms with Gasteiger partial charge in [-0.1, -0.05) is 35.3 Å². The number of anilines is 1. The van der Waals surface area contributed by atoms with Gasteiger partial charge in [0.25, 0.3) is 5.91 Å². The summed E-state index contributed by atoms with van der Waals surface area (Å²) in [6.45, 7) is 1.28. The zero-order valence-electron chi connectivity index (χ0n) is 20.7. The Balaban J connectivity index is 1.31. The summed E-state index contributed by atoms with van der Waals surface area (Å²) in [4.78, 5) is 36.3. The normalized spacial score (nSPS) is 21.7. The van der Waals surface area contributed by atoms with Crippen LogP contribution in [0.2, 0.25) is 10.0 Å². The molecule has 1 unspecified atom stereocenters. The first-order valence-corrected chi connectivity index (χ1v) is 12.9. The SMILES string of the molecule is C[C@H](C(=O)N[C@H](CO)c1cccc(Cl)c1)N1CCc2oc(-c3nc(NN4[C@H](O)[C@H]4CO)ncc3Cl)cc2C1=O. The first-order chi connectivity index (χ1) is 18.7. The molecule has 1 aromatic carbocycles. The van der Waals surface area contributed by atoms with E-state index in [0.29, 0.717) is 22.8 Å². The molecule has 5 atom stereocenters. The number of rotatable bonds is 9. The van der Waals surface area contributed by atoms with Crippen LogP contribution in [0.3, 0.4) is 0 Å². The molecule has 0 saturated carbocycles. The molecular formula is C25H26Cl2N6O6. The number of aliphatic hydroxyl groups is 3. The largest absolute Gasteiger partial charge is 0.458 e. The highest BCUT2D eigenvalue weighted by molar-refractivity contribution is 6.32. The Hall–Kier alpha value is -3.26. The van der Waals surface area contributed by atoms with Gasteiger partial charge in [0.1, 0.15) is 23.7 Å². The van der Waals surface area contributed by atoms with E-state index in [1.165, 1.54) is 22.2 Å². The number of aromatic nitrogens is 2. The summed E-state index contributed by atoms with van der Waals surface area (Å²) in [5.41, 5.74) is 3.97. The molecule has 2 aliphatic rings. The van der Waals surface area contributed by atoms with Crippen LogP contribution in [0.4, 0.5) is 5.95 Å². The highest BCUT2D eigenvalue weighted by Gasteiger charge is 2.47. The molecule has 4 heterocycles. The van der Waals surface area contributed by atoms with Crippen LogP contribution in [0, 0.1) is 0 Å². The molecule has 2 aromatic heterocycles. The summed E-state index contributed by atoms with van der Waals surface area (Å²) in [5.74, 6) is -0.0116. The van der Waals surface area contributed by atoms with Crippen molar-refractivity contribution < 1.29 is 29.3 Å². The number of halogens is 2. The molecule has 3 aromatic rings. The van der Waals surface area contributed by atoms with Crippen LogP contribution in [0.25, 0.3) is 11.5 Å². The number of hydrogen-bond acceptors (Lipinski definition) is 10. The Morgan fingerprint density at radius 2 is 2.08 bits per heavy atom. The van der Waals surface area contributed by atoms with E-state index >= 15 is 0 Å². The average molecular weight is 577 g/mol. The van der Waals surface area contributed by atoms with Crippen LogP contribution in [-0.2, 0) is 11.2 Å². The van der Waals surface area contributed by atoms with Crippen molar-refractivity contribution in [3.05, 3.63) is 63.5 Å². The number of benzene rings is 1. The zero-order valence-corrected chi connectivity index (χ0v) is 22.2. The van der Waals surface area contributed by atoms with Crippen LogP contribution >= 0.6 is 23.2 Å². The molecule has 12 nitrogen and oxygen atoms in total. The van der Waals surface area contributed by atoms with E-state index < -0.39 is 36.2 Å². The van der Waals surface area contributed by atoms with E-state index in [9.17, 15) is 24.9 Å². The van der Waals surface area contributed by atoms with Crippen LogP contribution in [0.15, 0.2) is 40.9 Å². The van der Waals surface area contributed by atoms with E-state index in [0.717, 1.165) is 0 Å². The number of nitrogens with zero attached hydrogens (tertiary/aromatic N) is 4. The lowest BCUT2D eigenvalue weighted by atomic mass is 10.0. The van der Waals surface area contributed by atoms with E-state index in [2.05, 4.69) is 20.7 Å². The predicted octanol–water partition coefficient (Wildman–Crippen LogP) is 1.60. The topological polar surface area (TPSA) is 164 Å². The molecule has 2 aliphatic heterocycles. The lowest BCUT2D eigenvalue weighted by Gasteiger charge is -2.32. The lowest BCUT2D eigenvalue weighted by molar-refractivity contribution is -0.126. The Labute approximate surface area is 233 Å². The molecule has 39 heavy (non-hydrogen) atoms. The second-order valence-corrected chi connectivity index (χ2v) is 10.1. The lowest BCUT2D eigenvalue weighted by Crippen LogP contribution is -2.51. The zero-order chi connectivity index (χ0) is 27.8. The fourth-order valence-corrected chi connectivity index (χ4v) is 4.84. The molecule has 5 N–H and O–H groups in total. The van der Waals surface area contributed by atoms with Crippen LogP contribution < -0.4 is 10.7 Å². The molecule has 14 heteroatoms. The van der Waals surface area contributed by atoms with Gasteiger partial charge in [0, 0.05) is 18.0 Å². The van der Waals surface area contributed by atoms with Crippen molar-refractivity contribution in [3.8, 4) is 11.5 Å². The van der Waals surface area contributed by atoms with Crippen LogP contribution in [-0.4, -0.2) is 85.1 Å². The highest BCUT2D eigenvalue weighted by Crippen LogP contribution is 2.34. The van der Waals surface area contributed by atoms with E-state index in [4.69, 9.17) is 27.6 Å². The molecule has 0 aliphatic carbocycles. The Morgan fingerprint density at radius 3 is 2.77 bits per heavy atom. The number of furan rings is 1. The van der Waals surface area contributed by atoms with Gasteiger partial charge in [0.2, 0.25) is 11.9 Å². The summed E-state index contributed by atoms with van der Waals surface area (Å²) >= 11 is 12.4. The number of carbonyl (C=O) groups excluding carboxylic acids is 2. The number of hydrazine groups is 1. The minimum absolute atomic E-state index is 0.121. The third-order valence-corrected chi connectivity index (χ3v) is 7.28. The minimum Gasteiger partial charge on any atom is -0.458 e. The standard InChI is InChI=1S/C25H26Cl2N6O6/c1-12(22(36)29-17(10-34)13-3-2-4-14(26)7-13)32-6-5-19-15(23(32)37)8-20(39-19)21-16(27)9-28-25(30-21)31-33-18(11-35)24(33)38/h2-4,7-9,12,17-18,24,34-35,38H,5-6,10-11H2,1H3,(H,29,36)(H,28,30,31)/t12-,17-,18-,24-,33?/m1/s1. The third kappa shape index (κ3) is 5.44. The maximum absolute atomic E-state index is 13.4. The fraction of sp³-hybridized carbons (Fsp3) is 0.360. The van der Waals surface area contributed by atoms with Crippen molar-refractivity contribution in [3.63, 3.8) is 0 Å². The van der Waals surface area contributed by atoms with E-state index in [1.54, 1.807) is 31.2 Å². The van der Waals surface area contributed by atoms with E-state index in [-0.39, 0.29) is 47.7 Å². The van der Waals surface area contributed by atoms with Crippen molar-refractivity contribution in [1.29, 1.82) is 0 Å². The molecule has 1 saturated heterocycles.